The minimum absolute atomic E-state index is 0. The van der Waals surface area contributed by atoms with E-state index >= 15 is 0 Å². The molecule has 0 radical (unpaired) electrons. The molecular formula is C48H27N5OPt. The van der Waals surface area contributed by atoms with Gasteiger partial charge in [0.05, 0.1) is 11.0 Å². The normalized spacial score (nSPS) is 11.9. The number of furan rings is 1. The van der Waals surface area contributed by atoms with Crippen molar-refractivity contribution >= 4 is 76.6 Å². The summed E-state index contributed by atoms with van der Waals surface area (Å²) < 4.78 is 11.0. The van der Waals surface area contributed by atoms with Crippen LogP contribution in [0.5, 0.6) is 0 Å². The average Bonchev–Trinajstić information content (AvgIpc) is 4.00. The molecule has 0 spiro atoms. The molecule has 0 aliphatic heterocycles. The molecule has 0 unspecified atom stereocenters. The quantitative estimate of drug-likeness (QED) is 0.165. The van der Waals surface area contributed by atoms with Crippen LogP contribution in [0, 0.1) is 6.07 Å². The summed E-state index contributed by atoms with van der Waals surface area (Å²) in [7, 11) is 0. The Balaban J connectivity index is 0.00000352. The van der Waals surface area contributed by atoms with Gasteiger partial charge in [-0.25, -0.2) is 9.97 Å². The first-order valence-electron chi connectivity index (χ1n) is 18.0. The molecule has 0 aliphatic rings. The Labute approximate surface area is 328 Å². The van der Waals surface area contributed by atoms with E-state index in [1.165, 1.54) is 0 Å². The Kier molecular flexibility index (Phi) is 7.01. The fraction of sp³-hybridized carbons (Fsp3) is 0. The van der Waals surface area contributed by atoms with Crippen molar-refractivity contribution < 1.29 is 25.5 Å². The van der Waals surface area contributed by atoms with Crippen molar-refractivity contribution in [3.8, 4) is 34.0 Å². The standard InChI is InChI=1S/C48H27N5O.Pt/c1-2-12-30(13-3-1)52-40-20-11-16-31(29-23-24-33-32-14-4-6-19-39(32)53(41(33)28-29)43-22-8-9-27-49-43)46(40)51-48(52)37-18-10-17-36-44-38(50-45(36)37)26-25-35-34-15-5-7-21-42(34)54-47(35)44;/h1-27H;/q-2;+2. The van der Waals surface area contributed by atoms with Crippen LogP contribution in [0.25, 0.3) is 111 Å². The number of rotatable bonds is 4. The van der Waals surface area contributed by atoms with Crippen LogP contribution in [0.4, 0.5) is 0 Å². The molecular weight excluding hydrogens is 858 g/mol. The maximum absolute atomic E-state index is 6.50. The van der Waals surface area contributed by atoms with Crippen molar-refractivity contribution in [2.75, 3.05) is 0 Å². The Morgan fingerprint density at radius 2 is 1.31 bits per heavy atom. The molecule has 7 aromatic carbocycles. The van der Waals surface area contributed by atoms with Crippen molar-refractivity contribution in [2.45, 2.75) is 0 Å². The van der Waals surface area contributed by atoms with Crippen LogP contribution in [0.2, 0.25) is 0 Å². The molecule has 0 saturated carbocycles. The summed E-state index contributed by atoms with van der Waals surface area (Å²) in [5.74, 6) is 1.68. The second-order valence-corrected chi connectivity index (χ2v) is 13.7. The molecule has 260 valence electrons. The van der Waals surface area contributed by atoms with E-state index in [4.69, 9.17) is 19.4 Å². The van der Waals surface area contributed by atoms with Crippen LogP contribution in [-0.2, 0) is 21.1 Å². The largest absolute Gasteiger partial charge is 2.00 e. The predicted molar refractivity (Wildman–Crippen MR) is 219 cm³/mol. The zero-order valence-electron chi connectivity index (χ0n) is 29.0. The van der Waals surface area contributed by atoms with E-state index in [9.17, 15) is 0 Å². The first-order valence-corrected chi connectivity index (χ1v) is 18.0. The van der Waals surface area contributed by atoms with E-state index in [2.05, 4.69) is 137 Å². The number of fused-ring (bicyclic) bond motifs is 11. The fourth-order valence-corrected chi connectivity index (χ4v) is 8.41. The average molecular weight is 885 g/mol. The van der Waals surface area contributed by atoms with Gasteiger partial charge in [-0.05, 0) is 58.8 Å². The third kappa shape index (κ3) is 4.59. The van der Waals surface area contributed by atoms with Gasteiger partial charge in [0.15, 0.2) is 0 Å². The number of aromatic nitrogens is 5. The van der Waals surface area contributed by atoms with Gasteiger partial charge < -0.3 is 14.0 Å². The molecule has 0 amide bonds. The summed E-state index contributed by atoms with van der Waals surface area (Å²) in [5, 5.41) is 6.55. The molecule has 12 aromatic rings. The fourth-order valence-electron chi connectivity index (χ4n) is 8.41. The minimum Gasteiger partial charge on any atom is -0.656 e. The molecule has 5 heterocycles. The van der Waals surface area contributed by atoms with E-state index < -0.39 is 0 Å². The van der Waals surface area contributed by atoms with E-state index in [1.807, 2.05) is 42.6 Å². The number of para-hydroxylation sites is 5. The van der Waals surface area contributed by atoms with Gasteiger partial charge in [0, 0.05) is 39.1 Å². The van der Waals surface area contributed by atoms with Crippen molar-refractivity contribution in [3.05, 3.63) is 170 Å². The van der Waals surface area contributed by atoms with Crippen LogP contribution < -0.4 is 4.98 Å². The molecule has 12 rings (SSSR count). The Morgan fingerprint density at radius 3 is 2.20 bits per heavy atom. The first-order chi connectivity index (χ1) is 26.8. The molecule has 0 saturated heterocycles. The second kappa shape index (κ2) is 12.1. The van der Waals surface area contributed by atoms with E-state index in [0.29, 0.717) is 0 Å². The Hall–Kier alpha value is -6.75. The van der Waals surface area contributed by atoms with Crippen molar-refractivity contribution in [3.63, 3.8) is 0 Å². The zero-order valence-corrected chi connectivity index (χ0v) is 31.3. The smallest absolute Gasteiger partial charge is 0.656 e. The summed E-state index contributed by atoms with van der Waals surface area (Å²) in [5.41, 5.74) is 11.4. The van der Waals surface area contributed by atoms with Crippen molar-refractivity contribution in [2.24, 2.45) is 0 Å². The van der Waals surface area contributed by atoms with Gasteiger partial charge in [-0.2, -0.15) is 0 Å². The van der Waals surface area contributed by atoms with Crippen LogP contribution in [0.3, 0.4) is 0 Å². The summed E-state index contributed by atoms with van der Waals surface area (Å²) in [4.78, 5) is 15.5. The predicted octanol–water partition coefficient (Wildman–Crippen LogP) is 11.8. The van der Waals surface area contributed by atoms with Gasteiger partial charge >= 0.3 is 21.1 Å². The number of hydrogen-bond donors (Lipinski definition) is 0. The van der Waals surface area contributed by atoms with Gasteiger partial charge in [-0.3, -0.25) is 4.57 Å². The number of benzene rings is 7. The number of pyridine rings is 1. The summed E-state index contributed by atoms with van der Waals surface area (Å²) in [6.07, 6.45) is 1.84. The zero-order chi connectivity index (χ0) is 35.3. The maximum Gasteiger partial charge on any atom is 2.00 e. The van der Waals surface area contributed by atoms with Crippen LogP contribution in [-0.4, -0.2) is 19.1 Å². The van der Waals surface area contributed by atoms with Crippen molar-refractivity contribution in [1.82, 2.24) is 24.1 Å². The molecule has 55 heavy (non-hydrogen) atoms. The molecule has 0 atom stereocenters. The molecule has 0 bridgehead atoms. The van der Waals surface area contributed by atoms with Gasteiger partial charge in [0.2, 0.25) is 0 Å². The SMILES string of the molecule is [Pt+2].[c-]1c(-c2cccc3c2nc(-c2cccc4c2[n-]c2ccc5c6ccccc6oc5c24)n3-c2ccccc2)ccc2c3ccccc3n(-c3ccccn3)c12. The van der Waals surface area contributed by atoms with Crippen LogP contribution in [0.15, 0.2) is 168 Å². The minimum atomic E-state index is 0. The Bertz CT molecular complexity index is 3450. The summed E-state index contributed by atoms with van der Waals surface area (Å²) in [6, 6.07) is 58.4. The Morgan fingerprint density at radius 1 is 0.564 bits per heavy atom. The molecule has 0 aliphatic carbocycles. The summed E-state index contributed by atoms with van der Waals surface area (Å²) >= 11 is 0. The summed E-state index contributed by atoms with van der Waals surface area (Å²) in [6.45, 7) is 0. The monoisotopic (exact) mass is 884 g/mol. The van der Waals surface area contributed by atoms with E-state index in [0.717, 1.165) is 111 Å². The number of nitrogens with zero attached hydrogens (tertiary/aromatic N) is 5. The topological polar surface area (TPSA) is 62.9 Å². The van der Waals surface area contributed by atoms with Crippen LogP contribution >= 0.6 is 0 Å². The number of imidazole rings is 1. The molecule has 6 nitrogen and oxygen atoms in total. The maximum atomic E-state index is 6.50. The first kappa shape index (κ1) is 31.7. The second-order valence-electron chi connectivity index (χ2n) is 13.7. The van der Waals surface area contributed by atoms with Gasteiger partial charge in [-0.15, -0.1) is 34.8 Å². The van der Waals surface area contributed by atoms with Gasteiger partial charge in [-0.1, -0.05) is 114 Å². The third-order valence-electron chi connectivity index (χ3n) is 10.8. The van der Waals surface area contributed by atoms with Crippen molar-refractivity contribution in [1.29, 1.82) is 0 Å². The van der Waals surface area contributed by atoms with Crippen LogP contribution in [0.1, 0.15) is 0 Å². The molecule has 7 heteroatoms. The molecule has 0 N–H and O–H groups in total. The third-order valence-corrected chi connectivity index (χ3v) is 10.8. The molecule has 5 aromatic heterocycles. The molecule has 0 fully saturated rings. The van der Waals surface area contributed by atoms with E-state index in [-0.39, 0.29) is 21.1 Å². The van der Waals surface area contributed by atoms with E-state index in [1.54, 1.807) is 0 Å². The van der Waals surface area contributed by atoms with Gasteiger partial charge in [0.1, 0.15) is 22.8 Å². The van der Waals surface area contributed by atoms with Gasteiger partial charge in [0.25, 0.3) is 0 Å². The number of hydrogen-bond acceptors (Lipinski definition) is 3.